The smallest absolute Gasteiger partial charge is 0.111 e. The molecular formula is C19H25N5. The van der Waals surface area contributed by atoms with Gasteiger partial charge >= 0.3 is 0 Å². The van der Waals surface area contributed by atoms with E-state index in [0.29, 0.717) is 0 Å². The molecule has 0 aliphatic carbocycles. The van der Waals surface area contributed by atoms with Gasteiger partial charge in [-0.2, -0.15) is 10.2 Å². The molecule has 3 heterocycles. The summed E-state index contributed by atoms with van der Waals surface area (Å²) in [6.07, 6.45) is 8.68. The van der Waals surface area contributed by atoms with Crippen LogP contribution in [-0.2, 0) is 13.1 Å². The second-order valence-electron chi connectivity index (χ2n) is 6.04. The van der Waals surface area contributed by atoms with Crippen molar-refractivity contribution in [2.24, 2.45) is 0 Å². The molecule has 0 saturated heterocycles. The van der Waals surface area contributed by atoms with Gasteiger partial charge in [-0.05, 0) is 37.1 Å². The monoisotopic (exact) mass is 323 g/mol. The van der Waals surface area contributed by atoms with Gasteiger partial charge in [0.25, 0.3) is 0 Å². The first kappa shape index (κ1) is 16.4. The number of nitrogens with zero attached hydrogens (tertiary/aromatic N) is 5. The van der Waals surface area contributed by atoms with Crippen LogP contribution in [0.25, 0.3) is 22.8 Å². The molecule has 3 rings (SSSR count). The Labute approximate surface area is 143 Å². The summed E-state index contributed by atoms with van der Waals surface area (Å²) in [7, 11) is 0. The molecule has 3 aromatic rings. The zero-order chi connectivity index (χ0) is 16.8. The number of rotatable bonds is 8. The average Bonchev–Trinajstić information content (AvgIpc) is 3.28. The highest BCUT2D eigenvalue weighted by atomic mass is 15.3. The van der Waals surface area contributed by atoms with Gasteiger partial charge in [0.05, 0.1) is 11.4 Å². The van der Waals surface area contributed by atoms with E-state index in [1.807, 2.05) is 52.1 Å². The van der Waals surface area contributed by atoms with Gasteiger partial charge < -0.3 is 0 Å². The highest BCUT2D eigenvalue weighted by Gasteiger charge is 2.08. The van der Waals surface area contributed by atoms with Crippen molar-refractivity contribution in [3.8, 4) is 22.8 Å². The quantitative estimate of drug-likeness (QED) is 0.617. The zero-order valence-electron chi connectivity index (χ0n) is 14.5. The van der Waals surface area contributed by atoms with E-state index in [1.54, 1.807) is 0 Å². The minimum absolute atomic E-state index is 0.894. The Bertz CT molecular complexity index is 710. The molecule has 5 heteroatoms. The molecule has 5 nitrogen and oxygen atoms in total. The van der Waals surface area contributed by atoms with Crippen molar-refractivity contribution in [1.29, 1.82) is 0 Å². The van der Waals surface area contributed by atoms with Gasteiger partial charge in [-0.15, -0.1) is 0 Å². The molecule has 0 aliphatic heterocycles. The van der Waals surface area contributed by atoms with Crippen LogP contribution in [0.2, 0.25) is 0 Å². The summed E-state index contributed by atoms with van der Waals surface area (Å²) >= 11 is 0. The van der Waals surface area contributed by atoms with Crippen molar-refractivity contribution in [2.75, 3.05) is 0 Å². The fraction of sp³-hybridized carbons (Fsp3) is 0.421. The number of pyridine rings is 1. The van der Waals surface area contributed by atoms with Crippen LogP contribution in [0.4, 0.5) is 0 Å². The second-order valence-corrected chi connectivity index (χ2v) is 6.04. The van der Waals surface area contributed by atoms with Crippen LogP contribution in [0, 0.1) is 0 Å². The molecule has 0 radical (unpaired) electrons. The first-order chi connectivity index (χ1) is 11.8. The third-order valence-corrected chi connectivity index (χ3v) is 4.04. The van der Waals surface area contributed by atoms with Gasteiger partial charge in [0.15, 0.2) is 0 Å². The van der Waals surface area contributed by atoms with Gasteiger partial charge in [0.2, 0.25) is 0 Å². The van der Waals surface area contributed by atoms with Crippen molar-refractivity contribution >= 4 is 0 Å². The maximum atomic E-state index is 4.75. The lowest BCUT2D eigenvalue weighted by atomic mass is 10.2. The maximum absolute atomic E-state index is 4.75. The van der Waals surface area contributed by atoms with Gasteiger partial charge in [-0.3, -0.25) is 9.36 Å². The van der Waals surface area contributed by atoms with E-state index in [0.717, 1.165) is 48.7 Å². The largest absolute Gasteiger partial charge is 0.272 e. The van der Waals surface area contributed by atoms with E-state index in [2.05, 4.69) is 24.0 Å². The number of hydrogen-bond acceptors (Lipinski definition) is 3. The minimum atomic E-state index is 0.894. The maximum Gasteiger partial charge on any atom is 0.111 e. The number of aryl methyl sites for hydroxylation is 2. The summed E-state index contributed by atoms with van der Waals surface area (Å²) in [5.41, 5.74) is 3.62. The number of aromatic nitrogens is 5. The molecule has 0 fully saturated rings. The van der Waals surface area contributed by atoms with Gasteiger partial charge in [-0.25, -0.2) is 4.98 Å². The molecule has 0 aliphatic rings. The molecule has 24 heavy (non-hydrogen) atoms. The second kappa shape index (κ2) is 7.90. The predicted molar refractivity (Wildman–Crippen MR) is 96.5 cm³/mol. The summed E-state index contributed by atoms with van der Waals surface area (Å²) < 4.78 is 3.99. The van der Waals surface area contributed by atoms with Crippen LogP contribution in [0.15, 0.2) is 42.7 Å². The minimum Gasteiger partial charge on any atom is -0.272 e. The third-order valence-electron chi connectivity index (χ3n) is 4.04. The zero-order valence-corrected chi connectivity index (χ0v) is 14.5. The molecule has 0 N–H and O–H groups in total. The van der Waals surface area contributed by atoms with Crippen molar-refractivity contribution in [2.45, 2.75) is 52.6 Å². The Balaban J connectivity index is 1.78. The van der Waals surface area contributed by atoms with Crippen molar-refractivity contribution < 1.29 is 0 Å². The normalized spacial score (nSPS) is 11.1. The Morgan fingerprint density at radius 2 is 1.21 bits per heavy atom. The Morgan fingerprint density at radius 3 is 1.67 bits per heavy atom. The molecule has 3 aromatic heterocycles. The number of unbranched alkanes of at least 4 members (excludes halogenated alkanes) is 2. The number of hydrogen-bond donors (Lipinski definition) is 0. The summed E-state index contributed by atoms with van der Waals surface area (Å²) in [6, 6.07) is 10.1. The van der Waals surface area contributed by atoms with Crippen LogP contribution in [0.5, 0.6) is 0 Å². The molecule has 0 unspecified atom stereocenters. The van der Waals surface area contributed by atoms with Gasteiger partial charge in [-0.1, -0.05) is 32.8 Å². The SMILES string of the molecule is CCCCn1ccc(-c2cccc(-c3ccn(CCCC)n3)n2)n1. The summed E-state index contributed by atoms with van der Waals surface area (Å²) in [4.78, 5) is 4.75. The third kappa shape index (κ3) is 3.91. The molecule has 0 amide bonds. The van der Waals surface area contributed by atoms with Crippen molar-refractivity contribution in [1.82, 2.24) is 24.5 Å². The fourth-order valence-corrected chi connectivity index (χ4v) is 2.61. The summed E-state index contributed by atoms with van der Waals surface area (Å²) in [6.45, 7) is 6.29. The fourth-order valence-electron chi connectivity index (χ4n) is 2.61. The standard InChI is InChI=1S/C19H25N5/c1-3-5-12-23-14-10-18(21-23)16-8-7-9-17(20-16)19-11-15-24(22-19)13-6-4-2/h7-11,14-15H,3-6,12-13H2,1-2H3. The molecule has 0 aromatic carbocycles. The molecular weight excluding hydrogens is 298 g/mol. The molecule has 0 bridgehead atoms. The highest BCUT2D eigenvalue weighted by Crippen LogP contribution is 2.20. The lowest BCUT2D eigenvalue weighted by molar-refractivity contribution is 0.572. The molecule has 0 spiro atoms. The van der Waals surface area contributed by atoms with Crippen LogP contribution in [0.3, 0.4) is 0 Å². The summed E-state index contributed by atoms with van der Waals surface area (Å²) in [5.74, 6) is 0. The first-order valence-corrected chi connectivity index (χ1v) is 8.85. The van der Waals surface area contributed by atoms with Crippen LogP contribution in [0.1, 0.15) is 39.5 Å². The van der Waals surface area contributed by atoms with E-state index in [1.165, 1.54) is 12.8 Å². The average molecular weight is 323 g/mol. The molecule has 0 atom stereocenters. The van der Waals surface area contributed by atoms with E-state index >= 15 is 0 Å². The van der Waals surface area contributed by atoms with Crippen LogP contribution >= 0.6 is 0 Å². The topological polar surface area (TPSA) is 48.5 Å². The molecule has 0 saturated carbocycles. The van der Waals surface area contributed by atoms with Gasteiger partial charge in [0, 0.05) is 25.5 Å². The Morgan fingerprint density at radius 1 is 0.708 bits per heavy atom. The van der Waals surface area contributed by atoms with Crippen LogP contribution in [-0.4, -0.2) is 24.5 Å². The van der Waals surface area contributed by atoms with E-state index in [-0.39, 0.29) is 0 Å². The van der Waals surface area contributed by atoms with E-state index < -0.39 is 0 Å². The summed E-state index contributed by atoms with van der Waals surface area (Å²) in [5, 5.41) is 9.25. The Kier molecular flexibility index (Phi) is 5.41. The lowest BCUT2D eigenvalue weighted by Gasteiger charge is -2.02. The molecule has 126 valence electrons. The highest BCUT2D eigenvalue weighted by molar-refractivity contribution is 5.61. The lowest BCUT2D eigenvalue weighted by Crippen LogP contribution is -1.99. The van der Waals surface area contributed by atoms with Crippen molar-refractivity contribution in [3.63, 3.8) is 0 Å². The van der Waals surface area contributed by atoms with E-state index in [9.17, 15) is 0 Å². The Hall–Kier alpha value is -2.43. The predicted octanol–water partition coefficient (Wildman–Crippen LogP) is 4.41. The first-order valence-electron chi connectivity index (χ1n) is 8.85. The van der Waals surface area contributed by atoms with E-state index in [4.69, 9.17) is 4.98 Å². The van der Waals surface area contributed by atoms with Crippen LogP contribution < -0.4 is 0 Å². The van der Waals surface area contributed by atoms with Crippen molar-refractivity contribution in [3.05, 3.63) is 42.7 Å². The van der Waals surface area contributed by atoms with Gasteiger partial charge in [0.1, 0.15) is 11.4 Å².